The van der Waals surface area contributed by atoms with Crippen LogP contribution in [0.5, 0.6) is 11.5 Å². The Labute approximate surface area is 224 Å². The molecule has 3 heterocycles. The fourth-order valence-corrected chi connectivity index (χ4v) is 5.86. The number of nitrogens with zero attached hydrogens (tertiary/aromatic N) is 3. The lowest BCUT2D eigenvalue weighted by atomic mass is 9.95. The molecule has 2 atom stereocenters. The Hall–Kier alpha value is -3.82. The number of ether oxygens (including phenoxy) is 3. The lowest BCUT2D eigenvalue weighted by molar-refractivity contribution is -0.141. The van der Waals surface area contributed by atoms with Crippen LogP contribution in [0, 0.1) is 0 Å². The van der Waals surface area contributed by atoms with Crippen LogP contribution in [0.1, 0.15) is 59.1 Å². The van der Waals surface area contributed by atoms with Gasteiger partial charge < -0.3 is 19.1 Å². The Morgan fingerprint density at radius 1 is 1.18 bits per heavy atom. The van der Waals surface area contributed by atoms with Crippen molar-refractivity contribution in [1.82, 2.24) is 4.90 Å². The van der Waals surface area contributed by atoms with Crippen molar-refractivity contribution in [2.75, 3.05) is 26.9 Å². The number of carbonyl (C=O) groups is 1. The van der Waals surface area contributed by atoms with Gasteiger partial charge in [-0.3, -0.25) is 14.8 Å². The Bertz CT molecular complexity index is 1400. The summed E-state index contributed by atoms with van der Waals surface area (Å²) in [6, 6.07) is 8.25. The van der Waals surface area contributed by atoms with Crippen LogP contribution in [0.25, 0.3) is 0 Å². The molecule has 0 saturated carbocycles. The van der Waals surface area contributed by atoms with Gasteiger partial charge in [0.05, 0.1) is 25.7 Å². The second-order valence-electron chi connectivity index (χ2n) is 10.2. The molecule has 0 saturated heterocycles. The molecule has 0 amide bonds. The van der Waals surface area contributed by atoms with E-state index in [9.17, 15) is 18.0 Å². The lowest BCUT2D eigenvalue weighted by Gasteiger charge is -2.30. The largest absolute Gasteiger partial charge is 0.492 e. The Kier molecular flexibility index (Phi) is 6.56. The zero-order valence-electron chi connectivity index (χ0n) is 21.5. The smallest absolute Gasteiger partial charge is 0.416 e. The number of rotatable bonds is 6. The third-order valence-electron chi connectivity index (χ3n) is 7.79. The predicted octanol–water partition coefficient (Wildman–Crippen LogP) is 5.38. The minimum atomic E-state index is -4.46. The van der Waals surface area contributed by atoms with E-state index >= 15 is 0 Å². The summed E-state index contributed by atoms with van der Waals surface area (Å²) < 4.78 is 59.1. The zero-order valence-corrected chi connectivity index (χ0v) is 21.5. The first-order valence-corrected chi connectivity index (χ1v) is 13.0. The number of hydrogen-bond donors (Lipinski definition) is 0. The summed E-state index contributed by atoms with van der Waals surface area (Å²) in [5.41, 5.74) is 3.94. The van der Waals surface area contributed by atoms with Crippen molar-refractivity contribution in [1.29, 1.82) is 0 Å². The first kappa shape index (κ1) is 25.5. The molecule has 0 bridgehead atoms. The summed E-state index contributed by atoms with van der Waals surface area (Å²) in [7, 11) is 1.36. The molecule has 0 aromatic heterocycles. The van der Waals surface area contributed by atoms with Crippen LogP contribution in [0.2, 0.25) is 0 Å². The van der Waals surface area contributed by atoms with E-state index in [0.717, 1.165) is 22.4 Å². The van der Waals surface area contributed by atoms with Crippen LogP contribution in [0.4, 0.5) is 13.2 Å². The van der Waals surface area contributed by atoms with Crippen LogP contribution < -0.4 is 9.47 Å². The van der Waals surface area contributed by atoms with E-state index in [-0.39, 0.29) is 31.0 Å². The molecule has 2 aromatic rings. The average Bonchev–Trinajstić information content (AvgIpc) is 3.52. The second-order valence-corrected chi connectivity index (χ2v) is 10.2. The van der Waals surface area contributed by atoms with Crippen molar-refractivity contribution in [3.05, 3.63) is 69.9 Å². The van der Waals surface area contributed by atoms with Gasteiger partial charge in [0, 0.05) is 60.8 Å². The molecule has 0 unspecified atom stereocenters. The summed E-state index contributed by atoms with van der Waals surface area (Å²) in [6.45, 7) is 1.55. The van der Waals surface area contributed by atoms with Crippen molar-refractivity contribution in [2.45, 2.75) is 50.4 Å². The van der Waals surface area contributed by atoms with Gasteiger partial charge in [0.15, 0.2) is 0 Å². The molecule has 7 nitrogen and oxygen atoms in total. The molecule has 4 aliphatic rings. The number of methoxy groups -OCH3 is 1. The number of halogens is 3. The Morgan fingerprint density at radius 2 is 2.03 bits per heavy atom. The molecule has 1 aliphatic carbocycles. The van der Waals surface area contributed by atoms with E-state index in [4.69, 9.17) is 14.2 Å². The van der Waals surface area contributed by atoms with Crippen LogP contribution >= 0.6 is 0 Å². The summed E-state index contributed by atoms with van der Waals surface area (Å²) in [5, 5.41) is 0. The fraction of sp³-hybridized carbons (Fsp3) is 0.414. The van der Waals surface area contributed by atoms with E-state index in [1.54, 1.807) is 18.3 Å². The molecule has 0 fully saturated rings. The van der Waals surface area contributed by atoms with Crippen LogP contribution in [0.15, 0.2) is 52.1 Å². The van der Waals surface area contributed by atoms with Crippen molar-refractivity contribution in [2.24, 2.45) is 9.98 Å². The maximum Gasteiger partial charge on any atom is 0.416 e. The van der Waals surface area contributed by atoms with Gasteiger partial charge in [0.25, 0.3) is 0 Å². The quantitative estimate of drug-likeness (QED) is 0.461. The normalized spacial score (nSPS) is 21.4. The SMILES string of the molecule is COC(=O)C[C@@H]1COc2cc(O[C@@H]3CCc4c3ccc(C(F)(F)F)c4CN3C=C4C=NCN=C4CC3)ccc21. The van der Waals surface area contributed by atoms with Gasteiger partial charge in [-0.25, -0.2) is 0 Å². The maximum atomic E-state index is 14.1. The molecule has 0 spiro atoms. The highest BCUT2D eigenvalue weighted by Gasteiger charge is 2.38. The molecule has 6 rings (SSSR count). The summed E-state index contributed by atoms with van der Waals surface area (Å²) >= 11 is 0. The molecular weight excluding hydrogens is 511 g/mol. The molecule has 204 valence electrons. The first-order valence-electron chi connectivity index (χ1n) is 13.0. The van der Waals surface area contributed by atoms with E-state index in [1.807, 2.05) is 23.2 Å². The number of allylic oxidation sites excluding steroid dienone is 1. The molecule has 2 aromatic carbocycles. The highest BCUT2D eigenvalue weighted by atomic mass is 19.4. The van der Waals surface area contributed by atoms with E-state index < -0.39 is 11.7 Å². The van der Waals surface area contributed by atoms with Gasteiger partial charge in [-0.1, -0.05) is 12.1 Å². The molecule has 3 aliphatic heterocycles. The number of benzene rings is 2. The standard InChI is InChI=1S/C29H28F3N3O4/c1-37-28(36)10-17-15-38-27-11-19(2-3-20(17)27)39-26-7-5-21-22(26)4-6-24(29(30,31)32)23(21)14-35-9-8-25-18(13-35)12-33-16-34-25/h2-4,6,11-13,17,26H,5,7-10,14-16H2,1H3/t17-,26-/m1/s1. The van der Waals surface area contributed by atoms with Gasteiger partial charge >= 0.3 is 12.1 Å². The number of alkyl halides is 3. The van der Waals surface area contributed by atoms with Crippen LogP contribution in [-0.2, 0) is 28.7 Å². The summed E-state index contributed by atoms with van der Waals surface area (Å²) in [4.78, 5) is 22.2. The molecular formula is C29H28F3N3O4. The number of hydrogen-bond acceptors (Lipinski definition) is 7. The third-order valence-corrected chi connectivity index (χ3v) is 7.79. The second kappa shape index (κ2) is 10.1. The topological polar surface area (TPSA) is 72.7 Å². The van der Waals surface area contributed by atoms with Crippen LogP contribution in [0.3, 0.4) is 0 Å². The predicted molar refractivity (Wildman–Crippen MR) is 138 cm³/mol. The fourth-order valence-electron chi connectivity index (χ4n) is 5.86. The van der Waals surface area contributed by atoms with E-state index in [0.29, 0.717) is 61.7 Å². The summed E-state index contributed by atoms with van der Waals surface area (Å²) in [5.74, 6) is 0.856. The van der Waals surface area contributed by atoms with E-state index in [2.05, 4.69) is 9.98 Å². The van der Waals surface area contributed by atoms with Gasteiger partial charge in [-0.05, 0) is 41.7 Å². The van der Waals surface area contributed by atoms with Crippen molar-refractivity contribution in [3.63, 3.8) is 0 Å². The number of esters is 1. The maximum absolute atomic E-state index is 14.1. The molecule has 0 N–H and O–H groups in total. The number of aliphatic imine (C=N–C) groups is 2. The number of fused-ring (bicyclic) bond motifs is 3. The van der Waals surface area contributed by atoms with Crippen molar-refractivity contribution < 1.29 is 32.2 Å². The summed E-state index contributed by atoms with van der Waals surface area (Å²) in [6.07, 6.45) is 0.789. The van der Waals surface area contributed by atoms with Crippen molar-refractivity contribution in [3.8, 4) is 11.5 Å². The zero-order chi connectivity index (χ0) is 27.1. The van der Waals surface area contributed by atoms with Crippen molar-refractivity contribution >= 4 is 17.9 Å². The Morgan fingerprint density at radius 3 is 2.85 bits per heavy atom. The van der Waals surface area contributed by atoms with Gasteiger partial charge in [0.2, 0.25) is 0 Å². The molecule has 0 radical (unpaired) electrons. The lowest BCUT2D eigenvalue weighted by Crippen LogP contribution is -2.30. The molecule has 39 heavy (non-hydrogen) atoms. The average molecular weight is 540 g/mol. The minimum absolute atomic E-state index is 0.0796. The first-order chi connectivity index (χ1) is 18.8. The van der Waals surface area contributed by atoms with E-state index in [1.165, 1.54) is 13.2 Å². The number of carbonyl (C=O) groups excluding carboxylic acids is 1. The van der Waals surface area contributed by atoms with Gasteiger partial charge in [0.1, 0.15) is 24.3 Å². The molecule has 10 heteroatoms. The Balaban J connectivity index is 1.25. The highest BCUT2D eigenvalue weighted by Crippen LogP contribution is 2.44. The minimum Gasteiger partial charge on any atom is -0.492 e. The van der Waals surface area contributed by atoms with Gasteiger partial charge in [-0.2, -0.15) is 13.2 Å². The highest BCUT2D eigenvalue weighted by molar-refractivity contribution is 6.17. The van der Waals surface area contributed by atoms with Crippen LogP contribution in [-0.4, -0.2) is 49.7 Å². The third kappa shape index (κ3) is 4.99. The van der Waals surface area contributed by atoms with Gasteiger partial charge in [-0.15, -0.1) is 0 Å². The monoisotopic (exact) mass is 539 g/mol.